The van der Waals surface area contributed by atoms with E-state index in [2.05, 4.69) is 10.3 Å². The van der Waals surface area contributed by atoms with E-state index in [1.54, 1.807) is 13.3 Å². The summed E-state index contributed by atoms with van der Waals surface area (Å²) in [7, 11) is 3.60. The van der Waals surface area contributed by atoms with Crippen molar-refractivity contribution in [1.29, 1.82) is 0 Å². The minimum absolute atomic E-state index is 0. The summed E-state index contributed by atoms with van der Waals surface area (Å²) in [6, 6.07) is 7.73. The number of rotatable bonds is 5. The van der Waals surface area contributed by atoms with Crippen LogP contribution >= 0.6 is 23.7 Å². The third-order valence-corrected chi connectivity index (χ3v) is 5.15. The maximum atomic E-state index is 12.6. The van der Waals surface area contributed by atoms with Gasteiger partial charge in [0.15, 0.2) is 0 Å². The third-order valence-electron chi connectivity index (χ3n) is 4.12. The molecule has 1 N–H and O–H groups in total. The van der Waals surface area contributed by atoms with Crippen LogP contribution in [0.15, 0.2) is 30.5 Å². The molecule has 1 aromatic carbocycles. The zero-order valence-corrected chi connectivity index (χ0v) is 15.5. The number of nitrogens with one attached hydrogen (secondary N) is 1. The molecule has 1 aliphatic rings. The van der Waals surface area contributed by atoms with E-state index in [9.17, 15) is 4.79 Å². The molecule has 1 aromatic heterocycles. The first-order valence-corrected chi connectivity index (χ1v) is 8.57. The van der Waals surface area contributed by atoms with Crippen LogP contribution in [-0.2, 0) is 0 Å². The molecule has 1 atom stereocenters. The number of thiazole rings is 1. The fourth-order valence-electron chi connectivity index (χ4n) is 2.87. The first-order chi connectivity index (χ1) is 11.2. The summed E-state index contributed by atoms with van der Waals surface area (Å²) in [5.74, 6) is 1.47. The summed E-state index contributed by atoms with van der Waals surface area (Å²) >= 11 is 1.45. The van der Waals surface area contributed by atoms with E-state index in [4.69, 9.17) is 4.74 Å². The van der Waals surface area contributed by atoms with Crippen LogP contribution in [0.1, 0.15) is 16.1 Å². The summed E-state index contributed by atoms with van der Waals surface area (Å²) in [5.41, 5.74) is 1.00. The highest BCUT2D eigenvalue weighted by Gasteiger charge is 2.27. The lowest BCUT2D eigenvalue weighted by Crippen LogP contribution is -2.29. The molecule has 2 heterocycles. The highest BCUT2D eigenvalue weighted by atomic mass is 35.5. The van der Waals surface area contributed by atoms with Gasteiger partial charge >= 0.3 is 0 Å². The SMILES string of the molecule is CNCC1CCN(C(=O)c2cnc(-c3ccc(OC)cc3)s2)C1.Cl. The van der Waals surface area contributed by atoms with Gasteiger partial charge < -0.3 is 15.0 Å². The first kappa shape index (κ1) is 18.7. The Kier molecular flexibility index (Phi) is 6.60. The smallest absolute Gasteiger partial charge is 0.265 e. The van der Waals surface area contributed by atoms with Crippen molar-refractivity contribution in [3.63, 3.8) is 0 Å². The van der Waals surface area contributed by atoms with Crippen molar-refractivity contribution in [3.05, 3.63) is 35.3 Å². The number of likely N-dealkylation sites (tertiary alicyclic amines) is 1. The number of nitrogens with zero attached hydrogens (tertiary/aromatic N) is 2. The van der Waals surface area contributed by atoms with E-state index in [1.165, 1.54) is 11.3 Å². The van der Waals surface area contributed by atoms with Crippen LogP contribution in [0.4, 0.5) is 0 Å². The van der Waals surface area contributed by atoms with Crippen molar-refractivity contribution in [2.45, 2.75) is 6.42 Å². The summed E-state index contributed by atoms with van der Waals surface area (Å²) < 4.78 is 5.16. The second-order valence-corrected chi connectivity index (χ2v) is 6.75. The average Bonchev–Trinajstić information content (AvgIpc) is 3.24. The monoisotopic (exact) mass is 367 g/mol. The van der Waals surface area contributed by atoms with Crippen LogP contribution in [-0.4, -0.2) is 49.6 Å². The quantitative estimate of drug-likeness (QED) is 0.882. The van der Waals surface area contributed by atoms with E-state index in [1.807, 2.05) is 36.2 Å². The van der Waals surface area contributed by atoms with Crippen molar-refractivity contribution in [3.8, 4) is 16.3 Å². The van der Waals surface area contributed by atoms with Crippen LogP contribution in [0.3, 0.4) is 0 Å². The molecule has 0 radical (unpaired) electrons. The molecule has 0 aliphatic carbocycles. The lowest BCUT2D eigenvalue weighted by atomic mass is 10.1. The summed E-state index contributed by atoms with van der Waals surface area (Å²) in [5, 5.41) is 4.05. The number of hydrogen-bond donors (Lipinski definition) is 1. The lowest BCUT2D eigenvalue weighted by molar-refractivity contribution is 0.0791. The topological polar surface area (TPSA) is 54.5 Å². The maximum absolute atomic E-state index is 12.6. The van der Waals surface area contributed by atoms with Gasteiger partial charge in [0, 0.05) is 18.7 Å². The second kappa shape index (κ2) is 8.46. The zero-order valence-electron chi connectivity index (χ0n) is 13.8. The van der Waals surface area contributed by atoms with Gasteiger partial charge in [-0.15, -0.1) is 23.7 Å². The predicted molar refractivity (Wildman–Crippen MR) is 99.3 cm³/mol. The Morgan fingerprint density at radius 1 is 1.42 bits per heavy atom. The molecule has 3 rings (SSSR count). The molecule has 5 nitrogen and oxygen atoms in total. The molecule has 24 heavy (non-hydrogen) atoms. The molecular formula is C17H22ClN3O2S. The van der Waals surface area contributed by atoms with Crippen molar-refractivity contribution in [1.82, 2.24) is 15.2 Å². The van der Waals surface area contributed by atoms with Gasteiger partial charge in [-0.05, 0) is 50.2 Å². The Hall–Kier alpha value is -1.63. The summed E-state index contributed by atoms with van der Waals surface area (Å²) in [6.07, 6.45) is 2.76. The fourth-order valence-corrected chi connectivity index (χ4v) is 3.76. The third kappa shape index (κ3) is 4.06. The van der Waals surface area contributed by atoms with Crippen LogP contribution in [0.25, 0.3) is 10.6 Å². The average molecular weight is 368 g/mol. The van der Waals surface area contributed by atoms with Crippen molar-refractivity contribution in [2.24, 2.45) is 5.92 Å². The van der Waals surface area contributed by atoms with Gasteiger partial charge in [0.05, 0.1) is 13.3 Å². The molecule has 0 saturated carbocycles. The molecule has 130 valence electrons. The van der Waals surface area contributed by atoms with Crippen molar-refractivity contribution >= 4 is 29.7 Å². The van der Waals surface area contributed by atoms with E-state index < -0.39 is 0 Å². The number of carbonyl (C=O) groups is 1. The summed E-state index contributed by atoms with van der Waals surface area (Å²) in [4.78, 5) is 19.7. The minimum atomic E-state index is 0. The highest BCUT2D eigenvalue weighted by molar-refractivity contribution is 7.16. The van der Waals surface area contributed by atoms with E-state index in [0.717, 1.165) is 42.4 Å². The Labute approximate surface area is 152 Å². The van der Waals surface area contributed by atoms with Crippen molar-refractivity contribution < 1.29 is 9.53 Å². The summed E-state index contributed by atoms with van der Waals surface area (Å²) in [6.45, 7) is 2.62. The van der Waals surface area contributed by atoms with E-state index >= 15 is 0 Å². The largest absolute Gasteiger partial charge is 0.497 e. The lowest BCUT2D eigenvalue weighted by Gasteiger charge is -2.15. The zero-order chi connectivity index (χ0) is 16.2. The van der Waals surface area contributed by atoms with Crippen LogP contribution < -0.4 is 10.1 Å². The molecule has 1 saturated heterocycles. The normalized spacial score (nSPS) is 16.8. The Morgan fingerprint density at radius 3 is 2.83 bits per heavy atom. The van der Waals surface area contributed by atoms with Crippen LogP contribution in [0, 0.1) is 5.92 Å². The molecule has 1 unspecified atom stereocenters. The van der Waals surface area contributed by atoms with Crippen molar-refractivity contribution in [2.75, 3.05) is 33.8 Å². The number of carbonyl (C=O) groups excluding carboxylic acids is 1. The minimum Gasteiger partial charge on any atom is -0.497 e. The van der Waals surface area contributed by atoms with Gasteiger partial charge in [-0.2, -0.15) is 0 Å². The molecule has 1 amide bonds. The molecule has 2 aromatic rings. The molecule has 0 spiro atoms. The first-order valence-electron chi connectivity index (χ1n) is 7.75. The Bertz CT molecular complexity index is 675. The fraction of sp³-hybridized carbons (Fsp3) is 0.412. The molecule has 0 bridgehead atoms. The number of amides is 1. The number of halogens is 1. The molecule has 1 aliphatic heterocycles. The van der Waals surface area contributed by atoms with Gasteiger partial charge in [-0.3, -0.25) is 4.79 Å². The Morgan fingerprint density at radius 2 is 2.17 bits per heavy atom. The van der Waals surface area contributed by atoms with Crippen LogP contribution in [0.5, 0.6) is 5.75 Å². The van der Waals surface area contributed by atoms with E-state index in [-0.39, 0.29) is 18.3 Å². The molecule has 1 fully saturated rings. The number of hydrogen-bond acceptors (Lipinski definition) is 5. The number of benzene rings is 1. The van der Waals surface area contributed by atoms with Crippen LogP contribution in [0.2, 0.25) is 0 Å². The van der Waals surface area contributed by atoms with Gasteiger partial charge in [-0.1, -0.05) is 0 Å². The predicted octanol–water partition coefficient (Wildman–Crippen LogP) is 2.92. The number of ether oxygens (including phenoxy) is 1. The second-order valence-electron chi connectivity index (χ2n) is 5.72. The standard InChI is InChI=1S/C17H21N3O2S.ClH/c1-18-9-12-7-8-20(11-12)17(21)15-10-19-16(23-15)13-3-5-14(22-2)6-4-13;/h3-6,10,12,18H,7-9,11H2,1-2H3;1H. The van der Waals surface area contributed by atoms with E-state index in [0.29, 0.717) is 10.8 Å². The van der Waals surface area contributed by atoms with Gasteiger partial charge in [0.1, 0.15) is 15.6 Å². The van der Waals surface area contributed by atoms with Gasteiger partial charge in [0.2, 0.25) is 0 Å². The molecular weight excluding hydrogens is 346 g/mol. The number of methoxy groups -OCH3 is 1. The molecule has 7 heteroatoms. The van der Waals surface area contributed by atoms with Gasteiger partial charge in [-0.25, -0.2) is 4.98 Å². The number of aromatic nitrogens is 1. The maximum Gasteiger partial charge on any atom is 0.265 e. The Balaban J connectivity index is 0.00000208. The highest BCUT2D eigenvalue weighted by Crippen LogP contribution is 2.28. The van der Waals surface area contributed by atoms with Gasteiger partial charge in [0.25, 0.3) is 5.91 Å².